The van der Waals surface area contributed by atoms with Gasteiger partial charge in [0.05, 0.1) is 6.61 Å². The van der Waals surface area contributed by atoms with Gasteiger partial charge in [-0.25, -0.2) is 9.78 Å². The fourth-order valence-corrected chi connectivity index (χ4v) is 4.54. The first-order chi connectivity index (χ1) is 9.61. The Morgan fingerprint density at radius 2 is 2.10 bits per heavy atom. The Hall–Kier alpha value is -0.880. The molecule has 1 aliphatic carbocycles. The van der Waals surface area contributed by atoms with Crippen LogP contribution in [0.1, 0.15) is 64.7 Å². The molecule has 0 spiro atoms. The predicted octanol–water partition coefficient (Wildman–Crippen LogP) is 3.70. The van der Waals surface area contributed by atoms with Gasteiger partial charge in [0.2, 0.25) is 0 Å². The Bertz CT molecular complexity index is 493. The molecule has 0 unspecified atom stereocenters. The molecule has 0 aliphatic heterocycles. The van der Waals surface area contributed by atoms with E-state index in [2.05, 4.69) is 4.98 Å². The lowest BCUT2D eigenvalue weighted by atomic mass is 10.3. The van der Waals surface area contributed by atoms with E-state index in [1.807, 2.05) is 11.8 Å². The molecule has 1 fully saturated rings. The van der Waals surface area contributed by atoms with E-state index in [4.69, 9.17) is 4.74 Å². The van der Waals surface area contributed by atoms with Gasteiger partial charge in [-0.2, -0.15) is 11.8 Å². The van der Waals surface area contributed by atoms with Gasteiger partial charge in [0.1, 0.15) is 9.88 Å². The second kappa shape index (κ2) is 7.22. The summed E-state index contributed by atoms with van der Waals surface area (Å²) in [5.41, 5.74) is 0.186. The molecule has 0 aromatic carbocycles. The SMILES string of the molecule is CCOC(=O)c1nc(CSC2CCCC2)sc1C(C)=O. The van der Waals surface area contributed by atoms with Crippen LogP contribution in [0, 0.1) is 0 Å². The summed E-state index contributed by atoms with van der Waals surface area (Å²) in [6, 6.07) is 0. The third-order valence-corrected chi connectivity index (χ3v) is 5.93. The zero-order valence-corrected chi connectivity index (χ0v) is 13.4. The van der Waals surface area contributed by atoms with Crippen LogP contribution in [0.25, 0.3) is 0 Å². The zero-order chi connectivity index (χ0) is 14.5. The zero-order valence-electron chi connectivity index (χ0n) is 11.8. The third-order valence-electron chi connectivity index (χ3n) is 3.20. The molecule has 0 radical (unpaired) electrons. The Labute approximate surface area is 127 Å². The number of aromatic nitrogens is 1. The maximum Gasteiger partial charge on any atom is 0.358 e. The van der Waals surface area contributed by atoms with E-state index in [-0.39, 0.29) is 11.5 Å². The van der Waals surface area contributed by atoms with E-state index < -0.39 is 5.97 Å². The van der Waals surface area contributed by atoms with Gasteiger partial charge in [-0.05, 0) is 19.8 Å². The van der Waals surface area contributed by atoms with E-state index in [9.17, 15) is 9.59 Å². The van der Waals surface area contributed by atoms with Crippen LogP contribution in [0.3, 0.4) is 0 Å². The molecule has 0 bridgehead atoms. The number of thiazole rings is 1. The van der Waals surface area contributed by atoms with Crippen LogP contribution in [-0.4, -0.2) is 28.6 Å². The molecule has 1 aromatic heterocycles. The van der Waals surface area contributed by atoms with Gasteiger partial charge >= 0.3 is 5.97 Å². The molecule has 0 amide bonds. The number of rotatable bonds is 6. The molecule has 1 heterocycles. The van der Waals surface area contributed by atoms with E-state index in [0.29, 0.717) is 16.7 Å². The fraction of sp³-hybridized carbons (Fsp3) is 0.643. The number of carbonyl (C=O) groups excluding carboxylic acids is 2. The summed E-state index contributed by atoms with van der Waals surface area (Å²) in [5, 5.41) is 1.54. The maximum atomic E-state index is 11.8. The van der Waals surface area contributed by atoms with Crippen molar-refractivity contribution in [1.82, 2.24) is 4.98 Å². The Kier molecular flexibility index (Phi) is 5.60. The Balaban J connectivity index is 2.07. The van der Waals surface area contributed by atoms with Gasteiger partial charge in [-0.1, -0.05) is 12.8 Å². The highest BCUT2D eigenvalue weighted by molar-refractivity contribution is 7.99. The van der Waals surface area contributed by atoms with E-state index in [1.165, 1.54) is 43.9 Å². The van der Waals surface area contributed by atoms with Crippen molar-refractivity contribution in [2.75, 3.05) is 6.61 Å². The van der Waals surface area contributed by atoms with Crippen molar-refractivity contribution in [2.24, 2.45) is 0 Å². The molecule has 1 saturated carbocycles. The highest BCUT2D eigenvalue weighted by Crippen LogP contribution is 2.33. The summed E-state index contributed by atoms with van der Waals surface area (Å²) in [6.45, 7) is 3.50. The van der Waals surface area contributed by atoms with Crippen LogP contribution in [0.4, 0.5) is 0 Å². The smallest absolute Gasteiger partial charge is 0.358 e. The molecule has 20 heavy (non-hydrogen) atoms. The Morgan fingerprint density at radius 3 is 2.70 bits per heavy atom. The van der Waals surface area contributed by atoms with E-state index in [1.54, 1.807) is 6.92 Å². The van der Waals surface area contributed by atoms with Gasteiger partial charge in [-0.15, -0.1) is 11.3 Å². The average Bonchev–Trinajstić information content (AvgIpc) is 3.06. The van der Waals surface area contributed by atoms with Crippen molar-refractivity contribution in [2.45, 2.75) is 50.5 Å². The number of carbonyl (C=O) groups is 2. The molecule has 0 saturated heterocycles. The van der Waals surface area contributed by atoms with Crippen molar-refractivity contribution in [3.05, 3.63) is 15.6 Å². The van der Waals surface area contributed by atoms with Crippen molar-refractivity contribution < 1.29 is 14.3 Å². The molecular formula is C14H19NO3S2. The molecule has 110 valence electrons. The van der Waals surface area contributed by atoms with Crippen molar-refractivity contribution >= 4 is 34.9 Å². The van der Waals surface area contributed by atoms with Crippen LogP contribution in [0.5, 0.6) is 0 Å². The second-order valence-electron chi connectivity index (χ2n) is 4.78. The fourth-order valence-electron chi connectivity index (χ4n) is 2.25. The summed E-state index contributed by atoms with van der Waals surface area (Å²) in [6.07, 6.45) is 5.14. The van der Waals surface area contributed by atoms with Crippen LogP contribution < -0.4 is 0 Å². The number of Topliss-reactive ketones (excluding diaryl/α,β-unsaturated/α-hetero) is 1. The standard InChI is InChI=1S/C14H19NO3S2/c1-3-18-14(17)12-13(9(2)16)20-11(15-12)8-19-10-6-4-5-7-10/h10H,3-8H2,1-2H3. The van der Waals surface area contributed by atoms with Gasteiger partial charge in [-0.3, -0.25) is 4.79 Å². The van der Waals surface area contributed by atoms with E-state index in [0.717, 1.165) is 10.8 Å². The predicted molar refractivity (Wildman–Crippen MR) is 81.6 cm³/mol. The topological polar surface area (TPSA) is 56.3 Å². The average molecular weight is 313 g/mol. The normalized spacial score (nSPS) is 15.5. The van der Waals surface area contributed by atoms with Crippen molar-refractivity contribution in [3.63, 3.8) is 0 Å². The van der Waals surface area contributed by atoms with Crippen molar-refractivity contribution in [1.29, 1.82) is 0 Å². The quantitative estimate of drug-likeness (QED) is 0.592. The summed E-state index contributed by atoms with van der Waals surface area (Å²) in [4.78, 5) is 28.1. The monoisotopic (exact) mass is 313 g/mol. The number of ether oxygens (including phenoxy) is 1. The lowest BCUT2D eigenvalue weighted by Crippen LogP contribution is -2.09. The summed E-state index contributed by atoms with van der Waals surface area (Å²) >= 11 is 3.20. The van der Waals surface area contributed by atoms with Crippen LogP contribution >= 0.6 is 23.1 Å². The molecule has 0 atom stereocenters. The van der Waals surface area contributed by atoms with E-state index >= 15 is 0 Å². The minimum atomic E-state index is -0.494. The molecule has 0 N–H and O–H groups in total. The van der Waals surface area contributed by atoms with Gasteiger partial charge in [0.25, 0.3) is 0 Å². The molecular weight excluding hydrogens is 294 g/mol. The number of ketones is 1. The second-order valence-corrected chi connectivity index (χ2v) is 7.15. The number of esters is 1. The first-order valence-electron chi connectivity index (χ1n) is 6.91. The number of hydrogen-bond acceptors (Lipinski definition) is 6. The number of thioether (sulfide) groups is 1. The number of nitrogens with zero attached hydrogens (tertiary/aromatic N) is 1. The number of hydrogen-bond donors (Lipinski definition) is 0. The molecule has 6 heteroatoms. The van der Waals surface area contributed by atoms with Crippen LogP contribution in [0.15, 0.2) is 0 Å². The first kappa shape index (κ1) is 15.5. The van der Waals surface area contributed by atoms with Gasteiger partial charge < -0.3 is 4.74 Å². The summed E-state index contributed by atoms with van der Waals surface area (Å²) in [7, 11) is 0. The molecule has 1 aliphatic rings. The van der Waals surface area contributed by atoms with Gasteiger partial charge in [0, 0.05) is 17.9 Å². The minimum Gasteiger partial charge on any atom is -0.461 e. The summed E-state index contributed by atoms with van der Waals surface area (Å²) < 4.78 is 4.96. The third kappa shape index (κ3) is 3.82. The van der Waals surface area contributed by atoms with Crippen molar-refractivity contribution in [3.8, 4) is 0 Å². The highest BCUT2D eigenvalue weighted by atomic mass is 32.2. The van der Waals surface area contributed by atoms with Gasteiger partial charge in [0.15, 0.2) is 11.5 Å². The maximum absolute atomic E-state index is 11.8. The molecule has 4 nitrogen and oxygen atoms in total. The first-order valence-corrected chi connectivity index (χ1v) is 8.77. The Morgan fingerprint density at radius 1 is 1.40 bits per heavy atom. The van der Waals surface area contributed by atoms with Crippen LogP contribution in [0.2, 0.25) is 0 Å². The highest BCUT2D eigenvalue weighted by Gasteiger charge is 2.23. The lowest BCUT2D eigenvalue weighted by Gasteiger charge is -2.05. The van der Waals surface area contributed by atoms with Crippen LogP contribution in [-0.2, 0) is 10.5 Å². The minimum absolute atomic E-state index is 0.123. The molecule has 2 rings (SSSR count). The summed E-state index contributed by atoms with van der Waals surface area (Å²) in [5.74, 6) is 0.156. The molecule has 1 aromatic rings. The lowest BCUT2D eigenvalue weighted by molar-refractivity contribution is 0.0517. The largest absolute Gasteiger partial charge is 0.461 e.